The van der Waals surface area contributed by atoms with Crippen molar-refractivity contribution in [3.8, 4) is 0 Å². The first-order valence-corrected chi connectivity index (χ1v) is 11.3. The Labute approximate surface area is 203 Å². The molecule has 9 heteroatoms. The van der Waals surface area contributed by atoms with E-state index in [1.807, 2.05) is 30.3 Å². The van der Waals surface area contributed by atoms with Gasteiger partial charge in [0.25, 0.3) is 5.56 Å². The van der Waals surface area contributed by atoms with Gasteiger partial charge in [0.05, 0.1) is 0 Å². The second-order valence-electron chi connectivity index (χ2n) is 8.35. The number of carbonyl (C=O) groups excluding carboxylic acids is 1. The topological polar surface area (TPSA) is 86.2 Å². The number of furan rings is 1. The number of hydrogen-bond donors (Lipinski definition) is 1. The summed E-state index contributed by atoms with van der Waals surface area (Å²) in [7, 11) is 0. The van der Waals surface area contributed by atoms with Crippen LogP contribution in [0.4, 0.5) is 8.78 Å². The predicted molar refractivity (Wildman–Crippen MR) is 131 cm³/mol. The van der Waals surface area contributed by atoms with Crippen molar-refractivity contribution in [2.45, 2.75) is 26.1 Å². The maximum Gasteiger partial charge on any atom is 0.332 e. The van der Waals surface area contributed by atoms with Gasteiger partial charge in [-0.25, -0.2) is 13.6 Å². The van der Waals surface area contributed by atoms with E-state index >= 15 is 0 Å². The Morgan fingerprint density at radius 2 is 1.67 bits per heavy atom. The lowest BCUT2D eigenvalue weighted by atomic mass is 10.1. The van der Waals surface area contributed by atoms with Gasteiger partial charge in [-0.3, -0.25) is 18.7 Å². The molecule has 7 nitrogen and oxygen atoms in total. The highest BCUT2D eigenvalue weighted by molar-refractivity contribution is 6.02. The van der Waals surface area contributed by atoms with Crippen molar-refractivity contribution >= 4 is 28.0 Å². The molecule has 0 aliphatic carbocycles. The van der Waals surface area contributed by atoms with E-state index in [1.165, 1.54) is 10.6 Å². The molecule has 0 saturated carbocycles. The van der Waals surface area contributed by atoms with Crippen molar-refractivity contribution in [1.29, 1.82) is 0 Å². The fourth-order valence-electron chi connectivity index (χ4n) is 4.18. The molecule has 0 atom stereocenters. The number of aryl methyl sites for hydroxylation is 1. The molecule has 3 aromatic carbocycles. The summed E-state index contributed by atoms with van der Waals surface area (Å²) in [6.07, 6.45) is 0.428. The predicted octanol–water partition coefficient (Wildman–Crippen LogP) is 3.75. The second kappa shape index (κ2) is 9.61. The molecule has 1 N–H and O–H groups in total. The second-order valence-corrected chi connectivity index (χ2v) is 8.35. The van der Waals surface area contributed by atoms with Crippen molar-refractivity contribution in [2.75, 3.05) is 0 Å². The van der Waals surface area contributed by atoms with Gasteiger partial charge in [0.1, 0.15) is 29.3 Å². The van der Waals surface area contributed by atoms with Crippen LogP contribution in [-0.2, 0) is 30.8 Å². The van der Waals surface area contributed by atoms with Crippen LogP contribution in [0, 0.1) is 11.6 Å². The Morgan fingerprint density at radius 3 is 2.44 bits per heavy atom. The maximum atomic E-state index is 14.0. The number of para-hydroxylation sites is 1. The molecular weight excluding hydrogens is 468 g/mol. The van der Waals surface area contributed by atoms with Crippen LogP contribution in [0.15, 0.2) is 86.8 Å². The smallest absolute Gasteiger partial charge is 0.332 e. The molecule has 0 aliphatic rings. The number of aromatic nitrogens is 2. The van der Waals surface area contributed by atoms with E-state index in [0.717, 1.165) is 22.3 Å². The van der Waals surface area contributed by atoms with E-state index in [4.69, 9.17) is 4.42 Å². The van der Waals surface area contributed by atoms with Gasteiger partial charge in [-0.15, -0.1) is 0 Å². The van der Waals surface area contributed by atoms with Crippen molar-refractivity contribution < 1.29 is 18.0 Å². The summed E-state index contributed by atoms with van der Waals surface area (Å²) in [4.78, 5) is 39.5. The molecule has 5 rings (SSSR count). The normalized spacial score (nSPS) is 11.3. The van der Waals surface area contributed by atoms with Gasteiger partial charge < -0.3 is 9.73 Å². The highest BCUT2D eigenvalue weighted by Gasteiger charge is 2.21. The van der Waals surface area contributed by atoms with Crippen LogP contribution < -0.4 is 16.6 Å². The summed E-state index contributed by atoms with van der Waals surface area (Å²) in [6, 6.07) is 19.3. The van der Waals surface area contributed by atoms with Gasteiger partial charge >= 0.3 is 5.69 Å². The fourth-order valence-corrected chi connectivity index (χ4v) is 4.18. The van der Waals surface area contributed by atoms with Gasteiger partial charge in [-0.05, 0) is 30.2 Å². The van der Waals surface area contributed by atoms with Crippen LogP contribution in [-0.4, -0.2) is 15.0 Å². The zero-order valence-electron chi connectivity index (χ0n) is 19.0. The van der Waals surface area contributed by atoms with E-state index in [-0.39, 0.29) is 29.8 Å². The average molecular weight is 489 g/mol. The summed E-state index contributed by atoms with van der Waals surface area (Å²) in [5, 5.41) is 3.08. The Kier molecular flexibility index (Phi) is 6.20. The lowest BCUT2D eigenvalue weighted by molar-refractivity contribution is -0.121. The van der Waals surface area contributed by atoms with Crippen LogP contribution >= 0.6 is 0 Å². The van der Waals surface area contributed by atoms with Crippen LogP contribution in [0.1, 0.15) is 11.1 Å². The number of carbonyl (C=O) groups is 1. The molecule has 2 aromatic heterocycles. The molecule has 36 heavy (non-hydrogen) atoms. The Hall–Kier alpha value is -4.53. The number of nitrogens with one attached hydrogen (secondary N) is 1. The van der Waals surface area contributed by atoms with Crippen molar-refractivity contribution in [1.82, 2.24) is 14.5 Å². The highest BCUT2D eigenvalue weighted by atomic mass is 19.1. The number of rotatable bonds is 7. The lowest BCUT2D eigenvalue weighted by Crippen LogP contribution is -2.42. The minimum atomic E-state index is -0.787. The third-order valence-corrected chi connectivity index (χ3v) is 6.00. The first kappa shape index (κ1) is 23.2. The van der Waals surface area contributed by atoms with Crippen molar-refractivity contribution in [3.63, 3.8) is 0 Å². The number of benzene rings is 3. The minimum absolute atomic E-state index is 0.0266. The van der Waals surface area contributed by atoms with Gasteiger partial charge in [0.15, 0.2) is 0 Å². The molecule has 0 radical (unpaired) electrons. The van der Waals surface area contributed by atoms with Crippen LogP contribution in [0.2, 0.25) is 0 Å². The van der Waals surface area contributed by atoms with Gasteiger partial charge in [0.2, 0.25) is 11.5 Å². The number of halogens is 2. The Morgan fingerprint density at radius 1 is 0.917 bits per heavy atom. The lowest BCUT2D eigenvalue weighted by Gasteiger charge is -2.12. The summed E-state index contributed by atoms with van der Waals surface area (Å²) >= 11 is 0. The first-order chi connectivity index (χ1) is 17.4. The van der Waals surface area contributed by atoms with Crippen molar-refractivity contribution in [3.05, 3.63) is 116 Å². The van der Waals surface area contributed by atoms with Crippen LogP contribution in [0.3, 0.4) is 0 Å². The highest BCUT2D eigenvalue weighted by Crippen LogP contribution is 2.25. The quantitative estimate of drug-likeness (QED) is 0.377. The average Bonchev–Trinajstić information content (AvgIpc) is 3.26. The molecule has 1 amide bonds. The molecule has 5 aromatic rings. The maximum absolute atomic E-state index is 14.0. The van der Waals surface area contributed by atoms with E-state index in [9.17, 15) is 23.2 Å². The minimum Gasteiger partial charge on any atom is -0.449 e. The SMILES string of the molecule is O=C(Cn1c(=O)n(CCc2ccccc2)c(=O)c2oc3ccccc3c21)NCc1ccc(F)cc1F. The molecule has 0 spiro atoms. The third-order valence-electron chi connectivity index (χ3n) is 6.00. The van der Waals surface area contributed by atoms with Gasteiger partial charge in [0, 0.05) is 30.1 Å². The molecule has 2 heterocycles. The van der Waals surface area contributed by atoms with Crippen molar-refractivity contribution in [2.24, 2.45) is 0 Å². The first-order valence-electron chi connectivity index (χ1n) is 11.3. The zero-order valence-corrected chi connectivity index (χ0v) is 19.0. The van der Waals surface area contributed by atoms with Crippen LogP contribution in [0.25, 0.3) is 22.1 Å². The molecule has 0 fully saturated rings. The number of amides is 1. The van der Waals surface area contributed by atoms with E-state index in [0.29, 0.717) is 17.4 Å². The number of fused-ring (bicyclic) bond motifs is 3. The summed E-state index contributed by atoms with van der Waals surface area (Å²) in [6.45, 7) is -0.521. The molecular formula is C27H21F2N3O4. The van der Waals surface area contributed by atoms with Gasteiger partial charge in [-0.1, -0.05) is 48.5 Å². The summed E-state index contributed by atoms with van der Waals surface area (Å²) < 4.78 is 35.2. The van der Waals surface area contributed by atoms with Crippen LogP contribution in [0.5, 0.6) is 0 Å². The van der Waals surface area contributed by atoms with Gasteiger partial charge in [-0.2, -0.15) is 0 Å². The molecule has 0 saturated heterocycles. The monoisotopic (exact) mass is 489 g/mol. The summed E-state index contributed by atoms with van der Waals surface area (Å²) in [5.74, 6) is -2.09. The van der Waals surface area contributed by atoms with E-state index in [2.05, 4.69) is 5.32 Å². The molecule has 182 valence electrons. The third kappa shape index (κ3) is 4.43. The number of nitrogens with zero attached hydrogens (tertiary/aromatic N) is 2. The Balaban J connectivity index is 1.52. The fraction of sp³-hybridized carbons (Fsp3) is 0.148. The van der Waals surface area contributed by atoms with E-state index in [1.54, 1.807) is 24.3 Å². The summed E-state index contributed by atoms with van der Waals surface area (Å²) in [5.41, 5.74) is 0.418. The zero-order chi connectivity index (χ0) is 25.2. The standard InChI is InChI=1S/C27H21F2N3O4/c28-19-11-10-18(21(29)14-19)15-30-23(33)16-32-24-20-8-4-5-9-22(20)36-25(24)26(34)31(27(32)35)13-12-17-6-2-1-3-7-17/h1-11,14H,12-13,15-16H2,(H,30,33). The van der Waals surface area contributed by atoms with E-state index < -0.39 is 35.3 Å². The molecule has 0 aliphatic heterocycles. The Bertz CT molecular complexity index is 1700. The molecule has 0 bridgehead atoms. The number of hydrogen-bond acceptors (Lipinski definition) is 4. The molecule has 0 unspecified atom stereocenters. The largest absolute Gasteiger partial charge is 0.449 e.